The van der Waals surface area contributed by atoms with Gasteiger partial charge in [0.1, 0.15) is 12.1 Å². The van der Waals surface area contributed by atoms with E-state index in [1.54, 1.807) is 4.90 Å². The minimum absolute atomic E-state index is 0.0511. The number of hydrogen-bond acceptors (Lipinski definition) is 5. The van der Waals surface area contributed by atoms with Crippen LogP contribution >= 0.6 is 0 Å². The third-order valence-electron chi connectivity index (χ3n) is 3.09. The van der Waals surface area contributed by atoms with E-state index in [2.05, 4.69) is 15.1 Å². The molecule has 0 saturated carbocycles. The van der Waals surface area contributed by atoms with E-state index < -0.39 is 11.9 Å². The number of ether oxygens (including phenoxy) is 1. The average molecular weight is 287 g/mol. The van der Waals surface area contributed by atoms with E-state index in [1.165, 1.54) is 10.8 Å². The zero-order valence-electron chi connectivity index (χ0n) is 10.6. The number of aromatic nitrogens is 4. The Kier molecular flexibility index (Phi) is 3.00. The summed E-state index contributed by atoms with van der Waals surface area (Å²) >= 11 is 0. The minimum atomic E-state index is -4.51. The predicted octanol–water partition coefficient (Wildman–Crippen LogP) is 1.37. The molecule has 108 valence electrons. The van der Waals surface area contributed by atoms with Crippen molar-refractivity contribution >= 4 is 11.6 Å². The van der Waals surface area contributed by atoms with Gasteiger partial charge in [-0.05, 0) is 6.92 Å². The SMILES string of the molecule is CC1CN(c2cc(C(F)(F)F)nc3ncnn23)CCO1. The second kappa shape index (κ2) is 4.58. The van der Waals surface area contributed by atoms with Crippen molar-refractivity contribution in [1.82, 2.24) is 19.6 Å². The van der Waals surface area contributed by atoms with Crippen LogP contribution < -0.4 is 4.90 Å². The number of morpholine rings is 1. The van der Waals surface area contributed by atoms with Crippen LogP contribution in [0, 0.1) is 0 Å². The summed E-state index contributed by atoms with van der Waals surface area (Å²) in [6.45, 7) is 3.33. The maximum atomic E-state index is 12.9. The summed E-state index contributed by atoms with van der Waals surface area (Å²) in [5, 5.41) is 3.94. The molecular weight excluding hydrogens is 275 g/mol. The number of rotatable bonds is 1. The Hall–Kier alpha value is -1.90. The van der Waals surface area contributed by atoms with Gasteiger partial charge in [-0.3, -0.25) is 0 Å². The van der Waals surface area contributed by atoms with Crippen molar-refractivity contribution in [3.8, 4) is 0 Å². The molecule has 3 rings (SSSR count). The number of alkyl halides is 3. The van der Waals surface area contributed by atoms with Gasteiger partial charge >= 0.3 is 6.18 Å². The summed E-state index contributed by atoms with van der Waals surface area (Å²) in [5.74, 6) is 0.268. The molecule has 0 amide bonds. The quantitative estimate of drug-likeness (QED) is 0.793. The lowest BCUT2D eigenvalue weighted by molar-refractivity contribution is -0.141. The Bertz CT molecular complexity index is 626. The first kappa shape index (κ1) is 13.1. The van der Waals surface area contributed by atoms with Crippen molar-refractivity contribution < 1.29 is 17.9 Å². The van der Waals surface area contributed by atoms with Crippen molar-refractivity contribution in [3.63, 3.8) is 0 Å². The Labute approximate surface area is 112 Å². The molecule has 1 aliphatic heterocycles. The first-order valence-corrected chi connectivity index (χ1v) is 6.09. The van der Waals surface area contributed by atoms with Crippen molar-refractivity contribution in [2.24, 2.45) is 0 Å². The summed E-state index contributed by atoms with van der Waals surface area (Å²) < 4.78 is 45.4. The smallest absolute Gasteiger partial charge is 0.375 e. The molecule has 1 fully saturated rings. The van der Waals surface area contributed by atoms with Crippen LogP contribution in [0.15, 0.2) is 12.4 Å². The average Bonchev–Trinajstić information content (AvgIpc) is 2.84. The maximum absolute atomic E-state index is 12.9. The second-order valence-electron chi connectivity index (χ2n) is 4.60. The van der Waals surface area contributed by atoms with E-state index in [0.29, 0.717) is 25.5 Å². The topological polar surface area (TPSA) is 55.6 Å². The lowest BCUT2D eigenvalue weighted by Crippen LogP contribution is -2.42. The molecule has 3 heterocycles. The predicted molar refractivity (Wildman–Crippen MR) is 63.4 cm³/mol. The highest BCUT2D eigenvalue weighted by Crippen LogP contribution is 2.30. The molecule has 20 heavy (non-hydrogen) atoms. The number of halogens is 3. The fourth-order valence-electron chi connectivity index (χ4n) is 2.19. The number of nitrogens with zero attached hydrogens (tertiary/aromatic N) is 5. The first-order chi connectivity index (χ1) is 9.45. The van der Waals surface area contributed by atoms with Crippen LogP contribution in [0.2, 0.25) is 0 Å². The third-order valence-corrected chi connectivity index (χ3v) is 3.09. The zero-order valence-corrected chi connectivity index (χ0v) is 10.6. The molecular formula is C11H12F3N5O. The third kappa shape index (κ3) is 2.28. The van der Waals surface area contributed by atoms with E-state index in [9.17, 15) is 13.2 Å². The fourth-order valence-corrected chi connectivity index (χ4v) is 2.19. The first-order valence-electron chi connectivity index (χ1n) is 6.09. The zero-order chi connectivity index (χ0) is 14.3. The van der Waals surface area contributed by atoms with Gasteiger partial charge in [0.15, 0.2) is 5.69 Å². The highest BCUT2D eigenvalue weighted by molar-refractivity contribution is 5.48. The number of anilines is 1. The van der Waals surface area contributed by atoms with Gasteiger partial charge in [0.25, 0.3) is 5.78 Å². The van der Waals surface area contributed by atoms with Crippen molar-refractivity contribution in [2.45, 2.75) is 19.2 Å². The molecule has 0 spiro atoms. The summed E-state index contributed by atoms with van der Waals surface area (Å²) in [6, 6.07) is 1.000. The molecule has 0 bridgehead atoms. The van der Waals surface area contributed by atoms with Gasteiger partial charge in [0.05, 0.1) is 12.7 Å². The van der Waals surface area contributed by atoms with Crippen LogP contribution in [0.5, 0.6) is 0 Å². The van der Waals surface area contributed by atoms with E-state index in [-0.39, 0.29) is 11.9 Å². The van der Waals surface area contributed by atoms with E-state index >= 15 is 0 Å². The highest BCUT2D eigenvalue weighted by Gasteiger charge is 2.35. The van der Waals surface area contributed by atoms with Gasteiger partial charge in [-0.1, -0.05) is 0 Å². The second-order valence-corrected chi connectivity index (χ2v) is 4.60. The van der Waals surface area contributed by atoms with Crippen molar-refractivity contribution in [1.29, 1.82) is 0 Å². The lowest BCUT2D eigenvalue weighted by Gasteiger charge is -2.32. The van der Waals surface area contributed by atoms with E-state index in [4.69, 9.17) is 4.74 Å². The Balaban J connectivity index is 2.10. The molecule has 1 aliphatic rings. The summed E-state index contributed by atoms with van der Waals surface area (Å²) in [5.41, 5.74) is -0.966. The van der Waals surface area contributed by atoms with Gasteiger partial charge in [0.2, 0.25) is 0 Å². The molecule has 2 aromatic heterocycles. The van der Waals surface area contributed by atoms with Gasteiger partial charge in [-0.25, -0.2) is 4.98 Å². The Morgan fingerprint density at radius 3 is 2.90 bits per heavy atom. The number of hydrogen-bond donors (Lipinski definition) is 0. The normalized spacial score (nSPS) is 20.6. The van der Waals surface area contributed by atoms with E-state index in [0.717, 1.165) is 6.07 Å². The lowest BCUT2D eigenvalue weighted by atomic mass is 10.3. The molecule has 9 heteroatoms. The van der Waals surface area contributed by atoms with Crippen LogP contribution in [0.4, 0.5) is 19.0 Å². The monoisotopic (exact) mass is 287 g/mol. The standard InChI is InChI=1S/C11H12F3N5O/c1-7-5-18(2-3-20-7)9-4-8(11(12,13)14)17-10-15-6-16-19(9)10/h4,6-7H,2-3,5H2,1H3. The molecule has 0 aromatic carbocycles. The molecule has 1 atom stereocenters. The summed E-state index contributed by atoms with van der Waals surface area (Å²) in [4.78, 5) is 9.04. The van der Waals surface area contributed by atoms with Crippen LogP contribution in [-0.4, -0.2) is 45.4 Å². The van der Waals surface area contributed by atoms with Crippen LogP contribution in [-0.2, 0) is 10.9 Å². The molecule has 0 aliphatic carbocycles. The maximum Gasteiger partial charge on any atom is 0.433 e. The largest absolute Gasteiger partial charge is 0.433 e. The molecule has 2 aromatic rings. The van der Waals surface area contributed by atoms with Gasteiger partial charge in [-0.2, -0.15) is 27.8 Å². The fraction of sp³-hybridized carbons (Fsp3) is 0.545. The van der Waals surface area contributed by atoms with Crippen LogP contribution in [0.25, 0.3) is 5.78 Å². The van der Waals surface area contributed by atoms with Crippen molar-refractivity contribution in [2.75, 3.05) is 24.6 Å². The molecule has 6 nitrogen and oxygen atoms in total. The number of fused-ring (bicyclic) bond motifs is 1. The van der Waals surface area contributed by atoms with Crippen LogP contribution in [0.3, 0.4) is 0 Å². The summed E-state index contributed by atoms with van der Waals surface area (Å²) in [6.07, 6.45) is -3.37. The minimum Gasteiger partial charge on any atom is -0.375 e. The van der Waals surface area contributed by atoms with E-state index in [1.807, 2.05) is 6.92 Å². The molecule has 1 unspecified atom stereocenters. The Morgan fingerprint density at radius 2 is 2.20 bits per heavy atom. The van der Waals surface area contributed by atoms with Crippen LogP contribution in [0.1, 0.15) is 12.6 Å². The van der Waals surface area contributed by atoms with Gasteiger partial charge < -0.3 is 9.64 Å². The molecule has 0 N–H and O–H groups in total. The summed E-state index contributed by atoms with van der Waals surface area (Å²) in [7, 11) is 0. The molecule has 1 saturated heterocycles. The van der Waals surface area contributed by atoms with Gasteiger partial charge in [0, 0.05) is 19.2 Å². The van der Waals surface area contributed by atoms with Crippen molar-refractivity contribution in [3.05, 3.63) is 18.1 Å². The highest BCUT2D eigenvalue weighted by atomic mass is 19.4. The van der Waals surface area contributed by atoms with Gasteiger partial charge in [-0.15, -0.1) is 0 Å². The molecule has 0 radical (unpaired) electrons. The Morgan fingerprint density at radius 1 is 1.40 bits per heavy atom.